The number of nitrogens with two attached hydrogens (primary N) is 1. The van der Waals surface area contributed by atoms with Gasteiger partial charge >= 0.3 is 5.97 Å². The molecule has 0 radical (unpaired) electrons. The van der Waals surface area contributed by atoms with Crippen molar-refractivity contribution in [2.75, 3.05) is 11.6 Å². The predicted molar refractivity (Wildman–Crippen MR) is 62.2 cm³/mol. The monoisotopic (exact) mass is 272 g/mol. The average molecular weight is 272 g/mol. The van der Waals surface area contributed by atoms with E-state index in [1.807, 2.05) is 0 Å². The summed E-state index contributed by atoms with van der Waals surface area (Å²) in [6, 6.07) is 0. The van der Waals surface area contributed by atoms with Crippen LogP contribution in [0.3, 0.4) is 0 Å². The normalized spacial score (nSPS) is 10.6. The third kappa shape index (κ3) is 2.36. The molecule has 8 nitrogen and oxygen atoms in total. The molecule has 0 aliphatic carbocycles. The maximum Gasteiger partial charge on any atom is 0.313 e. The Morgan fingerprint density at radius 2 is 2.29 bits per heavy atom. The molecule has 3 N–H and O–H groups in total. The molecule has 0 bridgehead atoms. The minimum absolute atomic E-state index is 0.116. The molecule has 0 aliphatic heterocycles. The number of aliphatic carboxylic acids is 1. The van der Waals surface area contributed by atoms with Crippen molar-refractivity contribution in [3.8, 4) is 10.7 Å². The van der Waals surface area contributed by atoms with E-state index in [1.54, 1.807) is 6.92 Å². The second-order valence-corrected chi connectivity index (χ2v) is 4.74. The van der Waals surface area contributed by atoms with Crippen molar-refractivity contribution >= 4 is 29.3 Å². The van der Waals surface area contributed by atoms with Gasteiger partial charge in [0.15, 0.2) is 5.82 Å². The Bertz CT molecular complexity index is 550. The second-order valence-electron chi connectivity index (χ2n) is 3.05. The van der Waals surface area contributed by atoms with Crippen LogP contribution in [0, 0.1) is 6.92 Å². The van der Waals surface area contributed by atoms with E-state index in [0.717, 1.165) is 28.2 Å². The number of carbonyl (C=O) groups is 1. The fourth-order valence-corrected chi connectivity index (χ4v) is 2.31. The van der Waals surface area contributed by atoms with Gasteiger partial charge in [0.2, 0.25) is 5.16 Å². The van der Waals surface area contributed by atoms with E-state index in [4.69, 9.17) is 10.9 Å². The van der Waals surface area contributed by atoms with Crippen LogP contribution >= 0.6 is 23.3 Å². The van der Waals surface area contributed by atoms with E-state index >= 15 is 0 Å². The number of hydrogen-bond acceptors (Lipinski definition) is 8. The molecule has 10 heteroatoms. The first kappa shape index (κ1) is 11.8. The quantitative estimate of drug-likeness (QED) is 0.589. The standard InChI is InChI=1S/C7H8N6O2S2/c1-3-5(17-12-9-3)6-10-11-7(13(6)8)16-2-4(14)15/h2,8H2,1H3,(H,14,15). The number of nitrogens with zero attached hydrogens (tertiary/aromatic N) is 5. The molecular formula is C7H8N6O2S2. The smallest absolute Gasteiger partial charge is 0.313 e. The first-order chi connectivity index (χ1) is 8.09. The zero-order valence-electron chi connectivity index (χ0n) is 8.69. The Labute approximate surface area is 104 Å². The second kappa shape index (κ2) is 4.67. The van der Waals surface area contributed by atoms with Gasteiger partial charge in [0, 0.05) is 0 Å². The van der Waals surface area contributed by atoms with Crippen LogP contribution in [0.5, 0.6) is 0 Å². The summed E-state index contributed by atoms with van der Waals surface area (Å²) < 4.78 is 5.02. The lowest BCUT2D eigenvalue weighted by atomic mass is 10.4. The van der Waals surface area contributed by atoms with Crippen molar-refractivity contribution in [3.63, 3.8) is 0 Å². The third-order valence-corrected chi connectivity index (χ3v) is 3.60. The Hall–Kier alpha value is -1.68. The van der Waals surface area contributed by atoms with Gasteiger partial charge in [-0.05, 0) is 18.5 Å². The Balaban J connectivity index is 2.27. The minimum Gasteiger partial charge on any atom is -0.481 e. The van der Waals surface area contributed by atoms with Crippen LogP contribution in [0.4, 0.5) is 0 Å². The summed E-state index contributed by atoms with van der Waals surface area (Å²) in [7, 11) is 0. The molecule has 0 spiro atoms. The van der Waals surface area contributed by atoms with Gasteiger partial charge in [0.05, 0.1) is 11.4 Å². The number of rotatable bonds is 4. The Morgan fingerprint density at radius 1 is 1.53 bits per heavy atom. The Morgan fingerprint density at radius 3 is 2.88 bits per heavy atom. The van der Waals surface area contributed by atoms with E-state index < -0.39 is 5.97 Å². The fourth-order valence-electron chi connectivity index (χ4n) is 1.09. The summed E-state index contributed by atoms with van der Waals surface area (Å²) in [4.78, 5) is 11.2. The molecular weight excluding hydrogens is 264 g/mol. The van der Waals surface area contributed by atoms with E-state index in [-0.39, 0.29) is 5.75 Å². The highest BCUT2D eigenvalue weighted by Gasteiger charge is 2.17. The highest BCUT2D eigenvalue weighted by Crippen LogP contribution is 2.25. The van der Waals surface area contributed by atoms with Gasteiger partial charge in [-0.3, -0.25) is 4.79 Å². The number of hydrogen-bond donors (Lipinski definition) is 2. The van der Waals surface area contributed by atoms with Gasteiger partial charge in [-0.1, -0.05) is 16.3 Å². The van der Waals surface area contributed by atoms with E-state index in [0.29, 0.717) is 16.7 Å². The SMILES string of the molecule is Cc1nnsc1-c1nnc(SCC(=O)O)n1N. The molecule has 0 fully saturated rings. The lowest BCUT2D eigenvalue weighted by Crippen LogP contribution is -2.12. The van der Waals surface area contributed by atoms with Crippen molar-refractivity contribution in [2.45, 2.75) is 12.1 Å². The zero-order valence-corrected chi connectivity index (χ0v) is 10.3. The minimum atomic E-state index is -0.935. The largest absolute Gasteiger partial charge is 0.481 e. The first-order valence-corrected chi connectivity index (χ1v) is 6.20. The number of thioether (sulfide) groups is 1. The molecule has 2 aromatic heterocycles. The summed E-state index contributed by atoms with van der Waals surface area (Å²) in [5.74, 6) is 5.16. The summed E-state index contributed by atoms with van der Waals surface area (Å²) in [5, 5.41) is 20.5. The molecule has 0 aromatic carbocycles. The van der Waals surface area contributed by atoms with Crippen LogP contribution in [0.25, 0.3) is 10.7 Å². The lowest BCUT2D eigenvalue weighted by Gasteiger charge is -2.00. The van der Waals surface area contributed by atoms with Crippen LogP contribution in [-0.2, 0) is 4.79 Å². The van der Waals surface area contributed by atoms with Crippen LogP contribution in [0.2, 0.25) is 0 Å². The first-order valence-electron chi connectivity index (χ1n) is 4.44. The molecule has 0 amide bonds. The maximum absolute atomic E-state index is 10.4. The summed E-state index contributed by atoms with van der Waals surface area (Å²) >= 11 is 2.17. The van der Waals surface area contributed by atoms with Crippen molar-refractivity contribution in [2.24, 2.45) is 0 Å². The van der Waals surface area contributed by atoms with Crippen molar-refractivity contribution in [1.82, 2.24) is 24.5 Å². The molecule has 17 heavy (non-hydrogen) atoms. The number of nitrogen functional groups attached to an aromatic ring is 1. The van der Waals surface area contributed by atoms with Gasteiger partial charge in [-0.2, -0.15) is 0 Å². The highest BCUT2D eigenvalue weighted by atomic mass is 32.2. The topological polar surface area (TPSA) is 120 Å². The van der Waals surface area contributed by atoms with Gasteiger partial charge in [0.1, 0.15) is 4.88 Å². The lowest BCUT2D eigenvalue weighted by molar-refractivity contribution is -0.133. The average Bonchev–Trinajstić information content (AvgIpc) is 2.82. The molecule has 2 aromatic rings. The number of carboxylic acids is 1. The number of aryl methyl sites for hydroxylation is 1. The molecule has 2 heterocycles. The number of carboxylic acid groups (broad SMARTS) is 1. The zero-order chi connectivity index (χ0) is 12.4. The highest BCUT2D eigenvalue weighted by molar-refractivity contribution is 7.99. The molecule has 0 saturated carbocycles. The van der Waals surface area contributed by atoms with Crippen LogP contribution in [0.15, 0.2) is 5.16 Å². The van der Waals surface area contributed by atoms with Gasteiger partial charge in [-0.15, -0.1) is 15.3 Å². The summed E-state index contributed by atoms with van der Waals surface area (Å²) in [5.41, 5.74) is 0.712. The van der Waals surface area contributed by atoms with Crippen LogP contribution in [-0.4, -0.2) is 41.3 Å². The van der Waals surface area contributed by atoms with E-state index in [1.165, 1.54) is 4.68 Å². The van der Waals surface area contributed by atoms with Gasteiger partial charge in [0.25, 0.3) is 0 Å². The molecule has 0 atom stereocenters. The molecule has 0 aliphatic rings. The van der Waals surface area contributed by atoms with E-state index in [9.17, 15) is 4.79 Å². The van der Waals surface area contributed by atoms with Crippen LogP contribution in [0.1, 0.15) is 5.69 Å². The number of aromatic nitrogens is 5. The predicted octanol–water partition coefficient (Wildman–Crippen LogP) is -0.00448. The molecule has 90 valence electrons. The van der Waals surface area contributed by atoms with Crippen molar-refractivity contribution in [1.29, 1.82) is 0 Å². The van der Waals surface area contributed by atoms with Crippen LogP contribution < -0.4 is 5.84 Å². The summed E-state index contributed by atoms with van der Waals surface area (Å²) in [6.45, 7) is 1.79. The Kier molecular flexibility index (Phi) is 3.24. The summed E-state index contributed by atoms with van der Waals surface area (Å²) in [6.07, 6.45) is 0. The van der Waals surface area contributed by atoms with Gasteiger partial charge in [-0.25, -0.2) is 4.68 Å². The van der Waals surface area contributed by atoms with Gasteiger partial charge < -0.3 is 10.9 Å². The van der Waals surface area contributed by atoms with E-state index in [2.05, 4.69) is 19.8 Å². The third-order valence-electron chi connectivity index (χ3n) is 1.84. The van der Waals surface area contributed by atoms with Crippen molar-refractivity contribution < 1.29 is 9.90 Å². The van der Waals surface area contributed by atoms with Crippen molar-refractivity contribution in [3.05, 3.63) is 5.69 Å². The molecule has 2 rings (SSSR count). The maximum atomic E-state index is 10.4. The molecule has 0 saturated heterocycles. The molecule has 0 unspecified atom stereocenters. The fraction of sp³-hybridized carbons (Fsp3) is 0.286.